The maximum atomic E-state index is 11.5. The normalized spacial score (nSPS) is 9.76. The fraction of sp³-hybridized carbons (Fsp3) is 0.417. The molecule has 0 heterocycles. The number of urea groups is 1. The van der Waals surface area contributed by atoms with E-state index in [4.69, 9.17) is 4.74 Å². The molecule has 0 spiro atoms. The predicted molar refractivity (Wildman–Crippen MR) is 68.6 cm³/mol. The summed E-state index contributed by atoms with van der Waals surface area (Å²) in [6.45, 7) is 1.54. The Kier molecular flexibility index (Phi) is 5.88. The Hall–Kier alpha value is -1.75. The van der Waals surface area contributed by atoms with Gasteiger partial charge in [-0.25, -0.2) is 4.79 Å². The average molecular weight is 237 g/mol. The molecule has 0 bridgehead atoms. The highest BCUT2D eigenvalue weighted by atomic mass is 16.5. The van der Waals surface area contributed by atoms with E-state index in [-0.39, 0.29) is 6.03 Å². The molecule has 0 unspecified atom stereocenters. The van der Waals surface area contributed by atoms with Crippen molar-refractivity contribution in [3.8, 4) is 5.75 Å². The molecule has 17 heavy (non-hydrogen) atoms. The first-order valence-electron chi connectivity index (χ1n) is 5.59. The number of nitrogens with one attached hydrogen (secondary N) is 3. The van der Waals surface area contributed by atoms with E-state index in [1.807, 2.05) is 25.2 Å². The molecule has 5 heteroatoms. The maximum absolute atomic E-state index is 11.5. The number of methoxy groups -OCH3 is 1. The molecule has 1 rings (SSSR count). The number of carbonyl (C=O) groups is 1. The van der Waals surface area contributed by atoms with Crippen LogP contribution >= 0.6 is 0 Å². The molecule has 0 aliphatic rings. The van der Waals surface area contributed by atoms with Gasteiger partial charge in [-0.15, -0.1) is 0 Å². The van der Waals surface area contributed by atoms with Gasteiger partial charge in [-0.3, -0.25) is 0 Å². The van der Waals surface area contributed by atoms with Crippen molar-refractivity contribution in [3.63, 3.8) is 0 Å². The molecule has 0 saturated heterocycles. The lowest BCUT2D eigenvalue weighted by Gasteiger charge is -2.08. The molecule has 1 aromatic rings. The molecule has 2 amide bonds. The highest BCUT2D eigenvalue weighted by Gasteiger charge is 2.01. The van der Waals surface area contributed by atoms with Gasteiger partial charge in [0.25, 0.3) is 0 Å². The first-order valence-corrected chi connectivity index (χ1v) is 5.59. The van der Waals surface area contributed by atoms with Gasteiger partial charge in [0, 0.05) is 18.3 Å². The van der Waals surface area contributed by atoms with Crippen LogP contribution < -0.4 is 20.7 Å². The lowest BCUT2D eigenvalue weighted by molar-refractivity contribution is 0.252. The average Bonchev–Trinajstić information content (AvgIpc) is 2.35. The monoisotopic (exact) mass is 237 g/mol. The molecule has 94 valence electrons. The van der Waals surface area contributed by atoms with E-state index < -0.39 is 0 Å². The fourth-order valence-electron chi connectivity index (χ4n) is 1.34. The summed E-state index contributed by atoms with van der Waals surface area (Å²) in [5, 5.41) is 8.53. The third kappa shape index (κ3) is 5.21. The van der Waals surface area contributed by atoms with Gasteiger partial charge in [0.15, 0.2) is 0 Å². The van der Waals surface area contributed by atoms with Crippen LogP contribution in [0.25, 0.3) is 0 Å². The number of carbonyl (C=O) groups excluding carboxylic acids is 1. The van der Waals surface area contributed by atoms with Crippen molar-refractivity contribution in [2.24, 2.45) is 0 Å². The quantitative estimate of drug-likeness (QED) is 0.656. The summed E-state index contributed by atoms with van der Waals surface area (Å²) in [5.74, 6) is 0.720. The van der Waals surface area contributed by atoms with Crippen LogP contribution in [-0.4, -0.2) is 33.3 Å². The van der Waals surface area contributed by atoms with Gasteiger partial charge in [0.1, 0.15) is 5.75 Å². The van der Waals surface area contributed by atoms with Crippen LogP contribution in [0.5, 0.6) is 5.75 Å². The van der Waals surface area contributed by atoms with Gasteiger partial charge < -0.3 is 20.7 Å². The topological polar surface area (TPSA) is 62.4 Å². The van der Waals surface area contributed by atoms with Crippen molar-refractivity contribution < 1.29 is 9.53 Å². The molecular weight excluding hydrogens is 218 g/mol. The number of amides is 2. The standard InChI is InChI=1S/C12H19N3O2/c1-13-7-4-8-14-12(16)15-10-5-3-6-11(9-10)17-2/h3,5-6,9,13H,4,7-8H2,1-2H3,(H2,14,15,16). The maximum Gasteiger partial charge on any atom is 0.319 e. The number of benzene rings is 1. The first-order chi connectivity index (χ1) is 8.26. The third-order valence-corrected chi connectivity index (χ3v) is 2.22. The Bertz CT molecular complexity index is 355. The van der Waals surface area contributed by atoms with Gasteiger partial charge >= 0.3 is 6.03 Å². The smallest absolute Gasteiger partial charge is 0.319 e. The van der Waals surface area contributed by atoms with Crippen molar-refractivity contribution >= 4 is 11.7 Å². The van der Waals surface area contributed by atoms with Crippen LogP contribution in [0.4, 0.5) is 10.5 Å². The minimum Gasteiger partial charge on any atom is -0.497 e. The van der Waals surface area contributed by atoms with Crippen LogP contribution in [0, 0.1) is 0 Å². The summed E-state index contributed by atoms with van der Waals surface area (Å²) < 4.78 is 5.07. The molecule has 1 aromatic carbocycles. The Morgan fingerprint density at radius 2 is 2.18 bits per heavy atom. The van der Waals surface area contributed by atoms with E-state index in [0.29, 0.717) is 6.54 Å². The van der Waals surface area contributed by atoms with Crippen LogP contribution in [0.1, 0.15) is 6.42 Å². The second kappa shape index (κ2) is 7.51. The van der Waals surface area contributed by atoms with Gasteiger partial charge in [0.2, 0.25) is 0 Å². The highest BCUT2D eigenvalue weighted by molar-refractivity contribution is 5.89. The molecule has 0 aliphatic heterocycles. The summed E-state index contributed by atoms with van der Waals surface area (Å²) in [4.78, 5) is 11.5. The Morgan fingerprint density at radius 1 is 1.35 bits per heavy atom. The van der Waals surface area contributed by atoms with Crippen molar-refractivity contribution in [1.29, 1.82) is 0 Å². The van der Waals surface area contributed by atoms with Crippen molar-refractivity contribution in [2.75, 3.05) is 32.6 Å². The molecule has 5 nitrogen and oxygen atoms in total. The highest BCUT2D eigenvalue weighted by Crippen LogP contribution is 2.16. The van der Waals surface area contributed by atoms with Crippen molar-refractivity contribution in [1.82, 2.24) is 10.6 Å². The second-order valence-electron chi connectivity index (χ2n) is 3.57. The summed E-state index contributed by atoms with van der Waals surface area (Å²) in [7, 11) is 3.48. The third-order valence-electron chi connectivity index (χ3n) is 2.22. The van der Waals surface area contributed by atoms with E-state index in [1.54, 1.807) is 13.2 Å². The van der Waals surface area contributed by atoms with Crippen molar-refractivity contribution in [3.05, 3.63) is 24.3 Å². The Labute approximate surface area is 102 Å². The lowest BCUT2D eigenvalue weighted by Crippen LogP contribution is -2.30. The summed E-state index contributed by atoms with van der Waals surface area (Å²) in [6.07, 6.45) is 0.905. The number of ether oxygens (including phenoxy) is 1. The van der Waals surface area contributed by atoms with Crippen molar-refractivity contribution in [2.45, 2.75) is 6.42 Å². The van der Waals surface area contributed by atoms with Crippen LogP contribution in [0.3, 0.4) is 0 Å². The first kappa shape index (κ1) is 13.3. The van der Waals surface area contributed by atoms with Crippen LogP contribution in [-0.2, 0) is 0 Å². The zero-order valence-electron chi connectivity index (χ0n) is 10.2. The van der Waals surface area contributed by atoms with Crippen LogP contribution in [0.2, 0.25) is 0 Å². The summed E-state index contributed by atoms with van der Waals surface area (Å²) in [6, 6.07) is 7.04. The molecular formula is C12H19N3O2. The van der Waals surface area contributed by atoms with Gasteiger partial charge in [0.05, 0.1) is 7.11 Å². The second-order valence-corrected chi connectivity index (χ2v) is 3.57. The minimum absolute atomic E-state index is 0.200. The minimum atomic E-state index is -0.200. The number of hydrogen-bond donors (Lipinski definition) is 3. The van der Waals surface area contributed by atoms with Gasteiger partial charge in [-0.1, -0.05) is 6.07 Å². The van der Waals surface area contributed by atoms with Gasteiger partial charge in [-0.2, -0.15) is 0 Å². The number of anilines is 1. The number of rotatable bonds is 6. The van der Waals surface area contributed by atoms with E-state index in [2.05, 4.69) is 16.0 Å². The molecule has 0 fully saturated rings. The largest absolute Gasteiger partial charge is 0.497 e. The fourth-order valence-corrected chi connectivity index (χ4v) is 1.34. The van der Waals surface area contributed by atoms with E-state index in [9.17, 15) is 4.79 Å². The summed E-state index contributed by atoms with van der Waals surface area (Å²) >= 11 is 0. The molecule has 0 atom stereocenters. The van der Waals surface area contributed by atoms with Gasteiger partial charge in [-0.05, 0) is 32.1 Å². The SMILES string of the molecule is CNCCCNC(=O)Nc1cccc(OC)c1. The molecule has 0 aliphatic carbocycles. The Balaban J connectivity index is 2.34. The lowest BCUT2D eigenvalue weighted by atomic mass is 10.3. The Morgan fingerprint density at radius 3 is 2.88 bits per heavy atom. The predicted octanol–water partition coefficient (Wildman–Crippen LogP) is 1.43. The molecule has 3 N–H and O–H groups in total. The molecule has 0 aromatic heterocycles. The number of hydrogen-bond acceptors (Lipinski definition) is 3. The zero-order chi connectivity index (χ0) is 12.5. The van der Waals surface area contributed by atoms with E-state index in [0.717, 1.165) is 24.4 Å². The zero-order valence-corrected chi connectivity index (χ0v) is 10.2. The summed E-state index contributed by atoms with van der Waals surface area (Å²) in [5.41, 5.74) is 0.718. The van der Waals surface area contributed by atoms with E-state index in [1.165, 1.54) is 0 Å². The van der Waals surface area contributed by atoms with E-state index >= 15 is 0 Å². The molecule has 0 radical (unpaired) electrons. The van der Waals surface area contributed by atoms with Crippen LogP contribution in [0.15, 0.2) is 24.3 Å². The molecule has 0 saturated carbocycles.